The molecule has 0 unspecified atom stereocenters. The van der Waals surface area contributed by atoms with Crippen LogP contribution in [0.4, 0.5) is 4.39 Å². The molecule has 6 heteroatoms. The standard InChI is InChI=1S/C19H17FN2O3/c1-25-14-4-2-3-12(9-14)7-8-21-19(24)18(23)16-11-22-17-6-5-13(20)10-15(16)17/h2-6,9-11,22H,7-8H2,1H3,(H,21,24). The zero-order valence-corrected chi connectivity index (χ0v) is 13.6. The predicted molar refractivity (Wildman–Crippen MR) is 92.3 cm³/mol. The van der Waals surface area contributed by atoms with Gasteiger partial charge in [-0.2, -0.15) is 0 Å². The minimum absolute atomic E-state index is 0.161. The molecule has 0 radical (unpaired) electrons. The Morgan fingerprint density at radius 3 is 2.84 bits per heavy atom. The van der Waals surface area contributed by atoms with Crippen molar-refractivity contribution in [3.8, 4) is 5.75 Å². The number of aromatic amines is 1. The Morgan fingerprint density at radius 2 is 2.04 bits per heavy atom. The number of Topliss-reactive ketones (excluding diaryl/α,β-unsaturated/α-hetero) is 1. The van der Waals surface area contributed by atoms with Crippen LogP contribution in [0.5, 0.6) is 5.75 Å². The lowest BCUT2D eigenvalue weighted by Gasteiger charge is -2.06. The highest BCUT2D eigenvalue weighted by Crippen LogP contribution is 2.20. The molecule has 1 heterocycles. The Labute approximate surface area is 143 Å². The third-order valence-corrected chi connectivity index (χ3v) is 3.93. The molecule has 3 rings (SSSR count). The molecule has 0 saturated heterocycles. The average Bonchev–Trinajstić information content (AvgIpc) is 3.04. The normalized spacial score (nSPS) is 10.6. The number of nitrogens with one attached hydrogen (secondary N) is 2. The van der Waals surface area contributed by atoms with E-state index in [0.717, 1.165) is 11.3 Å². The minimum Gasteiger partial charge on any atom is -0.497 e. The first-order valence-electron chi connectivity index (χ1n) is 7.80. The minimum atomic E-state index is -0.715. The van der Waals surface area contributed by atoms with Crippen LogP contribution in [0.15, 0.2) is 48.7 Å². The number of hydrogen-bond donors (Lipinski definition) is 2. The Balaban J connectivity index is 1.64. The monoisotopic (exact) mass is 340 g/mol. The number of carbonyl (C=O) groups excluding carboxylic acids is 2. The summed E-state index contributed by atoms with van der Waals surface area (Å²) in [6, 6.07) is 11.5. The van der Waals surface area contributed by atoms with Crippen LogP contribution in [0.2, 0.25) is 0 Å². The summed E-state index contributed by atoms with van der Waals surface area (Å²) in [6.07, 6.45) is 1.99. The first-order chi connectivity index (χ1) is 12.1. The highest BCUT2D eigenvalue weighted by molar-refractivity contribution is 6.44. The fraction of sp³-hybridized carbons (Fsp3) is 0.158. The summed E-state index contributed by atoms with van der Waals surface area (Å²) in [5.74, 6) is -1.13. The molecule has 128 valence electrons. The Morgan fingerprint density at radius 1 is 1.20 bits per heavy atom. The van der Waals surface area contributed by atoms with Crippen molar-refractivity contribution in [3.63, 3.8) is 0 Å². The van der Waals surface area contributed by atoms with Crippen molar-refractivity contribution in [2.24, 2.45) is 0 Å². The van der Waals surface area contributed by atoms with Gasteiger partial charge >= 0.3 is 0 Å². The quantitative estimate of drug-likeness (QED) is 0.535. The number of fused-ring (bicyclic) bond motifs is 1. The molecule has 0 bridgehead atoms. The number of amides is 1. The number of ether oxygens (including phenoxy) is 1. The van der Waals surface area contributed by atoms with E-state index in [1.807, 2.05) is 24.3 Å². The summed E-state index contributed by atoms with van der Waals surface area (Å²) in [5.41, 5.74) is 1.75. The largest absolute Gasteiger partial charge is 0.497 e. The third kappa shape index (κ3) is 3.68. The van der Waals surface area contributed by atoms with Gasteiger partial charge in [0.05, 0.1) is 12.7 Å². The fourth-order valence-electron chi connectivity index (χ4n) is 2.63. The van der Waals surface area contributed by atoms with E-state index in [1.165, 1.54) is 24.4 Å². The van der Waals surface area contributed by atoms with Crippen LogP contribution >= 0.6 is 0 Å². The number of hydrogen-bond acceptors (Lipinski definition) is 3. The topological polar surface area (TPSA) is 71.2 Å². The van der Waals surface area contributed by atoms with Gasteiger partial charge in [-0.05, 0) is 42.3 Å². The second kappa shape index (κ2) is 7.17. The van der Waals surface area contributed by atoms with Gasteiger partial charge < -0.3 is 15.0 Å². The van der Waals surface area contributed by atoms with Gasteiger partial charge in [-0.1, -0.05) is 12.1 Å². The van der Waals surface area contributed by atoms with Gasteiger partial charge in [0.25, 0.3) is 11.7 Å². The van der Waals surface area contributed by atoms with E-state index in [-0.39, 0.29) is 5.56 Å². The van der Waals surface area contributed by atoms with Crippen molar-refractivity contribution in [1.29, 1.82) is 0 Å². The maximum absolute atomic E-state index is 13.4. The summed E-state index contributed by atoms with van der Waals surface area (Å²) >= 11 is 0. The van der Waals surface area contributed by atoms with Crippen LogP contribution < -0.4 is 10.1 Å². The predicted octanol–water partition coefficient (Wildman–Crippen LogP) is 2.86. The molecule has 0 atom stereocenters. The van der Waals surface area contributed by atoms with Gasteiger partial charge in [0.2, 0.25) is 0 Å². The van der Waals surface area contributed by atoms with Crippen LogP contribution in [0.1, 0.15) is 15.9 Å². The Kier molecular flexibility index (Phi) is 4.79. The van der Waals surface area contributed by atoms with Crippen molar-refractivity contribution in [1.82, 2.24) is 10.3 Å². The summed E-state index contributed by atoms with van der Waals surface area (Å²) in [5, 5.41) is 3.00. The van der Waals surface area contributed by atoms with Crippen LogP contribution in [0.3, 0.4) is 0 Å². The molecule has 3 aromatic rings. The van der Waals surface area contributed by atoms with Gasteiger partial charge in [-0.25, -0.2) is 4.39 Å². The number of carbonyl (C=O) groups is 2. The molecule has 2 N–H and O–H groups in total. The number of aromatic nitrogens is 1. The molecule has 0 aliphatic carbocycles. The van der Waals surface area contributed by atoms with E-state index in [2.05, 4.69) is 10.3 Å². The zero-order chi connectivity index (χ0) is 17.8. The molecule has 0 spiro atoms. The molecular formula is C19H17FN2O3. The van der Waals surface area contributed by atoms with E-state index >= 15 is 0 Å². The van der Waals surface area contributed by atoms with Gasteiger partial charge in [0, 0.05) is 23.6 Å². The average molecular weight is 340 g/mol. The van der Waals surface area contributed by atoms with Crippen molar-refractivity contribution in [2.75, 3.05) is 13.7 Å². The number of methoxy groups -OCH3 is 1. The van der Waals surface area contributed by atoms with E-state index in [0.29, 0.717) is 23.9 Å². The van der Waals surface area contributed by atoms with Crippen LogP contribution in [-0.2, 0) is 11.2 Å². The van der Waals surface area contributed by atoms with Gasteiger partial charge in [0.15, 0.2) is 0 Å². The Hall–Kier alpha value is -3.15. The van der Waals surface area contributed by atoms with Crippen molar-refractivity contribution in [2.45, 2.75) is 6.42 Å². The number of benzene rings is 2. The number of ketones is 1. The lowest BCUT2D eigenvalue weighted by atomic mass is 10.1. The maximum atomic E-state index is 13.4. The van der Waals surface area contributed by atoms with Gasteiger partial charge in [-0.3, -0.25) is 9.59 Å². The lowest BCUT2D eigenvalue weighted by molar-refractivity contribution is -0.116. The first kappa shape index (κ1) is 16.7. The smallest absolute Gasteiger partial charge is 0.292 e. The van der Waals surface area contributed by atoms with E-state index in [4.69, 9.17) is 4.74 Å². The number of H-pyrrole nitrogens is 1. The molecule has 1 aromatic heterocycles. The van der Waals surface area contributed by atoms with E-state index < -0.39 is 17.5 Å². The Bertz CT molecular complexity index is 933. The first-order valence-corrected chi connectivity index (χ1v) is 7.80. The summed E-state index contributed by atoms with van der Waals surface area (Å²) in [4.78, 5) is 27.3. The van der Waals surface area contributed by atoms with Crippen LogP contribution in [0, 0.1) is 5.82 Å². The van der Waals surface area contributed by atoms with E-state index in [1.54, 1.807) is 7.11 Å². The summed E-state index contributed by atoms with van der Waals surface area (Å²) < 4.78 is 18.5. The second-order valence-electron chi connectivity index (χ2n) is 5.58. The van der Waals surface area contributed by atoms with Gasteiger partial charge in [0.1, 0.15) is 11.6 Å². The molecule has 0 aliphatic rings. The molecule has 2 aromatic carbocycles. The van der Waals surface area contributed by atoms with Crippen molar-refractivity contribution in [3.05, 3.63) is 65.6 Å². The third-order valence-electron chi connectivity index (χ3n) is 3.93. The lowest BCUT2D eigenvalue weighted by Crippen LogP contribution is -2.32. The molecule has 0 aliphatic heterocycles. The van der Waals surface area contributed by atoms with Crippen LogP contribution in [0.25, 0.3) is 10.9 Å². The summed E-state index contributed by atoms with van der Waals surface area (Å²) in [6.45, 7) is 0.314. The molecule has 1 amide bonds. The number of rotatable bonds is 6. The maximum Gasteiger partial charge on any atom is 0.292 e. The fourth-order valence-corrected chi connectivity index (χ4v) is 2.63. The SMILES string of the molecule is COc1cccc(CCNC(=O)C(=O)c2c[nH]c3ccc(F)cc23)c1. The molecule has 5 nitrogen and oxygen atoms in total. The van der Waals surface area contributed by atoms with Gasteiger partial charge in [-0.15, -0.1) is 0 Å². The second-order valence-corrected chi connectivity index (χ2v) is 5.58. The van der Waals surface area contributed by atoms with Crippen molar-refractivity contribution >= 4 is 22.6 Å². The molecule has 0 saturated carbocycles. The van der Waals surface area contributed by atoms with Crippen molar-refractivity contribution < 1.29 is 18.7 Å². The molecule has 25 heavy (non-hydrogen) atoms. The highest BCUT2D eigenvalue weighted by atomic mass is 19.1. The highest BCUT2D eigenvalue weighted by Gasteiger charge is 2.19. The van der Waals surface area contributed by atoms with Crippen LogP contribution in [-0.4, -0.2) is 30.3 Å². The molecular weight excluding hydrogens is 323 g/mol. The molecule has 0 fully saturated rings. The van der Waals surface area contributed by atoms with E-state index in [9.17, 15) is 14.0 Å². The number of halogens is 1. The summed E-state index contributed by atoms with van der Waals surface area (Å²) in [7, 11) is 1.59. The zero-order valence-electron chi connectivity index (χ0n) is 13.6.